The number of hydrogen-bond acceptors (Lipinski definition) is 7. The van der Waals surface area contributed by atoms with E-state index in [1.807, 2.05) is 13.8 Å². The second-order valence-electron chi connectivity index (χ2n) is 9.85. The molecule has 3 aliphatic rings. The van der Waals surface area contributed by atoms with Crippen LogP contribution in [0, 0.1) is 11.8 Å². The molecule has 2 heterocycles. The quantitative estimate of drug-likeness (QED) is 0.325. The number of allylic oxidation sites excluding steroid dienone is 1. The Morgan fingerprint density at radius 1 is 1.28 bits per heavy atom. The first kappa shape index (κ1) is 25.0. The molecule has 3 rings (SSSR count). The van der Waals surface area contributed by atoms with Crippen molar-refractivity contribution in [2.45, 2.75) is 95.9 Å². The van der Waals surface area contributed by atoms with E-state index in [4.69, 9.17) is 23.7 Å². The molecule has 182 valence electrons. The summed E-state index contributed by atoms with van der Waals surface area (Å²) in [4.78, 5) is 24.9. The number of alkyl carbamates (subject to hydrolysis) is 1. The predicted molar refractivity (Wildman–Crippen MR) is 118 cm³/mol. The summed E-state index contributed by atoms with van der Waals surface area (Å²) in [6.07, 6.45) is 3.77. The molecule has 0 aromatic heterocycles. The Morgan fingerprint density at radius 3 is 2.50 bits per heavy atom. The van der Waals surface area contributed by atoms with E-state index in [0.29, 0.717) is 13.0 Å². The van der Waals surface area contributed by atoms with Crippen LogP contribution in [0.25, 0.3) is 0 Å². The lowest BCUT2D eigenvalue weighted by molar-refractivity contribution is -0.144. The Kier molecular flexibility index (Phi) is 7.57. The number of carbonyl (C=O) groups excluding carboxylic acids is 2. The zero-order valence-corrected chi connectivity index (χ0v) is 20.4. The van der Waals surface area contributed by atoms with Gasteiger partial charge in [-0.05, 0) is 46.0 Å². The van der Waals surface area contributed by atoms with E-state index in [0.717, 1.165) is 19.3 Å². The zero-order chi connectivity index (χ0) is 23.7. The first-order valence-electron chi connectivity index (χ1n) is 11.6. The molecule has 0 radical (unpaired) electrons. The number of esters is 1. The minimum absolute atomic E-state index is 0.0481. The lowest BCUT2D eigenvalue weighted by Crippen LogP contribution is -2.56. The molecular formula is C24H39NO7. The van der Waals surface area contributed by atoms with Crippen LogP contribution in [0.15, 0.2) is 11.6 Å². The third kappa shape index (κ3) is 4.97. The lowest BCUT2D eigenvalue weighted by Gasteiger charge is -2.42. The van der Waals surface area contributed by atoms with Gasteiger partial charge >= 0.3 is 12.1 Å². The van der Waals surface area contributed by atoms with E-state index >= 15 is 0 Å². The maximum Gasteiger partial charge on any atom is 0.408 e. The van der Waals surface area contributed by atoms with Crippen LogP contribution in [0.3, 0.4) is 0 Å². The highest BCUT2D eigenvalue weighted by molar-refractivity contribution is 5.81. The number of rotatable bonds is 9. The summed E-state index contributed by atoms with van der Waals surface area (Å²) >= 11 is 0. The number of carbonyl (C=O) groups is 2. The molecule has 0 aromatic carbocycles. The van der Waals surface area contributed by atoms with Crippen LogP contribution in [-0.2, 0) is 28.5 Å². The SMILES string of the molecule is CCC(C)C(NC(=O)O[C@@H]1CC[C@]2(CO2)[C@@H](C2(C)O[C@@H]2CC=C(C)C)[C@@H]1OC)C(=O)OC. The van der Waals surface area contributed by atoms with Crippen LogP contribution in [0.4, 0.5) is 4.79 Å². The van der Waals surface area contributed by atoms with Crippen molar-refractivity contribution >= 4 is 12.1 Å². The largest absolute Gasteiger partial charge is 0.467 e. The Balaban J connectivity index is 1.71. The summed E-state index contributed by atoms with van der Waals surface area (Å²) in [5, 5.41) is 2.70. The molecule has 32 heavy (non-hydrogen) atoms. The van der Waals surface area contributed by atoms with Crippen LogP contribution < -0.4 is 5.32 Å². The van der Waals surface area contributed by atoms with Gasteiger partial charge in [-0.15, -0.1) is 0 Å². The van der Waals surface area contributed by atoms with Gasteiger partial charge in [0.1, 0.15) is 29.5 Å². The number of ether oxygens (including phenoxy) is 5. The molecule has 1 saturated carbocycles. The summed E-state index contributed by atoms with van der Waals surface area (Å²) in [6.45, 7) is 10.8. The van der Waals surface area contributed by atoms with Gasteiger partial charge in [-0.3, -0.25) is 0 Å². The Hall–Kier alpha value is -1.64. The molecule has 2 saturated heterocycles. The molecule has 1 N–H and O–H groups in total. The third-order valence-corrected chi connectivity index (χ3v) is 7.44. The Bertz CT molecular complexity index is 730. The van der Waals surface area contributed by atoms with Crippen molar-refractivity contribution < 1.29 is 33.3 Å². The predicted octanol–water partition coefficient (Wildman–Crippen LogP) is 3.38. The highest BCUT2D eigenvalue weighted by atomic mass is 16.6. The second kappa shape index (κ2) is 9.69. The number of amides is 1. The number of methoxy groups -OCH3 is 2. The fourth-order valence-corrected chi connectivity index (χ4v) is 5.16. The van der Waals surface area contributed by atoms with Gasteiger partial charge in [0.2, 0.25) is 0 Å². The van der Waals surface area contributed by atoms with Gasteiger partial charge in [-0.25, -0.2) is 9.59 Å². The van der Waals surface area contributed by atoms with Crippen LogP contribution in [0.5, 0.6) is 0 Å². The van der Waals surface area contributed by atoms with Gasteiger partial charge in [0.15, 0.2) is 0 Å². The van der Waals surface area contributed by atoms with Crippen LogP contribution in [-0.4, -0.2) is 68.4 Å². The zero-order valence-electron chi connectivity index (χ0n) is 20.4. The van der Waals surface area contributed by atoms with Crippen LogP contribution >= 0.6 is 0 Å². The molecule has 1 spiro atoms. The van der Waals surface area contributed by atoms with Crippen molar-refractivity contribution in [3.63, 3.8) is 0 Å². The van der Waals surface area contributed by atoms with Crippen molar-refractivity contribution in [1.82, 2.24) is 5.32 Å². The molecule has 1 aliphatic carbocycles. The molecule has 0 aromatic rings. The maximum atomic E-state index is 12.7. The molecule has 8 nitrogen and oxygen atoms in total. The fraction of sp³-hybridized carbons (Fsp3) is 0.833. The molecule has 8 atom stereocenters. The first-order valence-corrected chi connectivity index (χ1v) is 11.6. The molecule has 2 aliphatic heterocycles. The minimum atomic E-state index is -0.756. The maximum absolute atomic E-state index is 12.7. The average Bonchev–Trinajstić information content (AvgIpc) is 3.67. The summed E-state index contributed by atoms with van der Waals surface area (Å²) in [5.74, 6) is -0.606. The third-order valence-electron chi connectivity index (χ3n) is 7.44. The molecular weight excluding hydrogens is 414 g/mol. The summed E-state index contributed by atoms with van der Waals surface area (Å²) in [5.41, 5.74) is 0.579. The van der Waals surface area contributed by atoms with E-state index in [2.05, 4.69) is 32.2 Å². The lowest BCUT2D eigenvalue weighted by atomic mass is 9.68. The van der Waals surface area contributed by atoms with E-state index in [-0.39, 0.29) is 29.6 Å². The Morgan fingerprint density at radius 2 is 1.97 bits per heavy atom. The van der Waals surface area contributed by atoms with Gasteiger partial charge in [-0.2, -0.15) is 0 Å². The smallest absolute Gasteiger partial charge is 0.408 e. The highest BCUT2D eigenvalue weighted by Gasteiger charge is 2.72. The molecule has 1 amide bonds. The normalized spacial score (nSPS) is 37.2. The number of epoxide rings is 2. The number of nitrogens with one attached hydrogen (secondary N) is 1. The fourth-order valence-electron chi connectivity index (χ4n) is 5.16. The number of hydrogen-bond donors (Lipinski definition) is 1. The van der Waals surface area contributed by atoms with Crippen molar-refractivity contribution in [3.05, 3.63) is 11.6 Å². The minimum Gasteiger partial charge on any atom is -0.467 e. The second-order valence-corrected chi connectivity index (χ2v) is 9.85. The van der Waals surface area contributed by atoms with E-state index in [9.17, 15) is 9.59 Å². The molecule has 3 fully saturated rings. The first-order chi connectivity index (χ1) is 15.1. The van der Waals surface area contributed by atoms with Crippen LogP contribution in [0.2, 0.25) is 0 Å². The summed E-state index contributed by atoms with van der Waals surface area (Å²) in [6, 6.07) is -0.756. The van der Waals surface area contributed by atoms with Gasteiger partial charge in [0, 0.05) is 7.11 Å². The van der Waals surface area contributed by atoms with Crippen molar-refractivity contribution in [1.29, 1.82) is 0 Å². The topological polar surface area (TPSA) is 98.9 Å². The van der Waals surface area contributed by atoms with E-state index in [1.165, 1.54) is 12.7 Å². The van der Waals surface area contributed by atoms with Gasteiger partial charge < -0.3 is 29.0 Å². The standard InChI is InChI=1S/C24H39NO7/c1-8-15(4)18(21(26)29-7)25-22(27)31-16-11-12-24(13-30-24)20(19(16)28-6)23(5)17(32-23)10-9-14(2)3/h9,15-20H,8,10-13H2,1-7H3,(H,25,27)/t15?,16-,17-,18?,19-,20-,23?,24+/m1/s1. The van der Waals surface area contributed by atoms with Crippen molar-refractivity contribution in [2.24, 2.45) is 11.8 Å². The van der Waals surface area contributed by atoms with Crippen LogP contribution in [0.1, 0.15) is 60.3 Å². The highest BCUT2D eigenvalue weighted by Crippen LogP contribution is 2.59. The van der Waals surface area contributed by atoms with Crippen molar-refractivity contribution in [3.8, 4) is 0 Å². The molecule has 8 heteroatoms. The summed E-state index contributed by atoms with van der Waals surface area (Å²) in [7, 11) is 2.95. The van der Waals surface area contributed by atoms with Gasteiger partial charge in [0.25, 0.3) is 0 Å². The van der Waals surface area contributed by atoms with Gasteiger partial charge in [0.05, 0.1) is 25.7 Å². The molecule has 3 unspecified atom stereocenters. The van der Waals surface area contributed by atoms with E-state index < -0.39 is 29.8 Å². The Labute approximate surface area is 191 Å². The molecule has 0 bridgehead atoms. The monoisotopic (exact) mass is 453 g/mol. The summed E-state index contributed by atoms with van der Waals surface area (Å²) < 4.78 is 28.7. The van der Waals surface area contributed by atoms with Crippen molar-refractivity contribution in [2.75, 3.05) is 20.8 Å². The van der Waals surface area contributed by atoms with Gasteiger partial charge in [-0.1, -0.05) is 31.9 Å². The van der Waals surface area contributed by atoms with E-state index in [1.54, 1.807) is 7.11 Å². The average molecular weight is 454 g/mol.